The topological polar surface area (TPSA) is 43.2 Å². The number of aryl methyl sites for hydroxylation is 2. The van der Waals surface area contributed by atoms with Crippen LogP contribution in [0.2, 0.25) is 0 Å². The molecule has 0 aliphatic carbocycles. The third-order valence-electron chi connectivity index (χ3n) is 7.17. The van der Waals surface area contributed by atoms with Crippen LogP contribution in [-0.4, -0.2) is 24.0 Å². The minimum absolute atomic E-state index is 0.0609. The van der Waals surface area contributed by atoms with Gasteiger partial charge in [-0.3, -0.25) is 0 Å². The van der Waals surface area contributed by atoms with Crippen LogP contribution < -0.4 is 0 Å². The molecule has 2 heterocycles. The maximum Gasteiger partial charge on any atom is 0.217 e. The lowest BCUT2D eigenvalue weighted by atomic mass is 10.0. The first-order valence-corrected chi connectivity index (χ1v) is 15.0. The van der Waals surface area contributed by atoms with E-state index in [4.69, 9.17) is 19.5 Å². The summed E-state index contributed by atoms with van der Waals surface area (Å²) >= 11 is 6.92. The van der Waals surface area contributed by atoms with E-state index in [9.17, 15) is 0 Å². The van der Waals surface area contributed by atoms with E-state index < -0.39 is 0 Å². The van der Waals surface area contributed by atoms with E-state index in [1.165, 1.54) is 22.3 Å². The lowest BCUT2D eigenvalue weighted by Gasteiger charge is -2.13. The van der Waals surface area contributed by atoms with Crippen molar-refractivity contribution in [3.05, 3.63) is 139 Å². The Balaban J connectivity index is 0.000000161. The van der Waals surface area contributed by atoms with Crippen LogP contribution in [0.4, 0.5) is 0 Å². The summed E-state index contributed by atoms with van der Waals surface area (Å²) in [5, 5.41) is 0. The summed E-state index contributed by atoms with van der Waals surface area (Å²) in [6.07, 6.45) is 0.122. The fourth-order valence-electron chi connectivity index (χ4n) is 4.91. The van der Waals surface area contributed by atoms with Crippen molar-refractivity contribution in [2.45, 2.75) is 52.0 Å². The molecule has 0 fully saturated rings. The van der Waals surface area contributed by atoms with Gasteiger partial charge in [-0.2, -0.15) is 0 Å². The largest absolute Gasteiger partial charge is 0.472 e. The monoisotopic (exact) mass is 658 g/mol. The molecule has 0 unspecified atom stereocenters. The molecule has 0 spiro atoms. The lowest BCUT2D eigenvalue weighted by molar-refractivity contribution is 0.213. The van der Waals surface area contributed by atoms with Crippen molar-refractivity contribution in [1.29, 1.82) is 0 Å². The number of ether oxygens (including phenoxy) is 2. The van der Waals surface area contributed by atoms with Gasteiger partial charge in [0.15, 0.2) is 0 Å². The summed E-state index contributed by atoms with van der Waals surface area (Å²) in [6, 6.07) is 33.1. The molecule has 4 aromatic carbocycles. The van der Waals surface area contributed by atoms with Gasteiger partial charge in [0.05, 0.1) is 0 Å². The SMILES string of the molecule is Cc1ccccc1C1=N[C@@H](c2ccc(Br)cc2)[C@@H](C)O1.Cc1ccccc1C1=N[C@H](c2ccc(Br)cc2)[C@H](C)O1. The van der Waals surface area contributed by atoms with E-state index >= 15 is 0 Å². The van der Waals surface area contributed by atoms with Gasteiger partial charge in [-0.1, -0.05) is 92.5 Å². The van der Waals surface area contributed by atoms with Gasteiger partial charge in [0.1, 0.15) is 24.3 Å². The molecule has 4 aromatic rings. The first-order valence-electron chi connectivity index (χ1n) is 13.4. The molecule has 0 bridgehead atoms. The van der Waals surface area contributed by atoms with Crippen LogP contribution in [0.3, 0.4) is 0 Å². The Bertz CT molecular complexity index is 1410. The van der Waals surface area contributed by atoms with Gasteiger partial charge in [0, 0.05) is 20.1 Å². The number of benzene rings is 4. The van der Waals surface area contributed by atoms with Gasteiger partial charge in [-0.15, -0.1) is 0 Å². The van der Waals surface area contributed by atoms with Gasteiger partial charge in [-0.25, -0.2) is 9.98 Å². The molecule has 4 atom stereocenters. The van der Waals surface area contributed by atoms with Gasteiger partial charge in [-0.05, 0) is 86.3 Å². The first kappa shape index (κ1) is 28.3. The molecule has 40 heavy (non-hydrogen) atoms. The Morgan fingerprint density at radius 2 is 0.875 bits per heavy atom. The standard InChI is InChI=1S/2C17H16BrNO/c2*1-11-5-3-4-6-15(11)17-19-16(12(2)20-17)13-7-9-14(18)10-8-13/h2*3-10,12,16H,1-2H3/t2*12-,16-/m10/s1. The van der Waals surface area contributed by atoms with Crippen molar-refractivity contribution in [2.24, 2.45) is 9.98 Å². The molecule has 6 rings (SSSR count). The number of aliphatic imine (C=N–C) groups is 2. The second-order valence-electron chi connectivity index (χ2n) is 10.1. The van der Waals surface area contributed by atoms with E-state index in [2.05, 4.69) is 108 Å². The third-order valence-corrected chi connectivity index (χ3v) is 8.23. The van der Waals surface area contributed by atoms with E-state index in [0.717, 1.165) is 31.9 Å². The molecule has 0 aromatic heterocycles. The predicted molar refractivity (Wildman–Crippen MR) is 170 cm³/mol. The highest BCUT2D eigenvalue weighted by atomic mass is 79.9. The Morgan fingerprint density at radius 3 is 1.23 bits per heavy atom. The minimum Gasteiger partial charge on any atom is -0.472 e. The van der Waals surface area contributed by atoms with Crippen molar-refractivity contribution in [1.82, 2.24) is 0 Å². The van der Waals surface area contributed by atoms with Crippen molar-refractivity contribution in [2.75, 3.05) is 0 Å². The maximum atomic E-state index is 5.96. The second kappa shape index (κ2) is 12.5. The third kappa shape index (κ3) is 6.39. The molecule has 0 amide bonds. The number of hydrogen-bond acceptors (Lipinski definition) is 4. The molecule has 0 saturated heterocycles. The summed E-state index contributed by atoms with van der Waals surface area (Å²) in [5.74, 6) is 1.51. The predicted octanol–water partition coefficient (Wildman–Crippen LogP) is 9.33. The van der Waals surface area contributed by atoms with Crippen molar-refractivity contribution >= 4 is 43.7 Å². The van der Waals surface area contributed by atoms with E-state index in [0.29, 0.717) is 0 Å². The number of hydrogen-bond donors (Lipinski definition) is 0. The number of rotatable bonds is 4. The fraction of sp³-hybridized carbons (Fsp3) is 0.235. The minimum atomic E-state index is 0.0609. The number of halogens is 2. The summed E-state index contributed by atoms with van der Waals surface area (Å²) < 4.78 is 14.1. The Hall–Kier alpha value is -3.22. The summed E-state index contributed by atoms with van der Waals surface area (Å²) in [4.78, 5) is 9.56. The zero-order valence-corrected chi connectivity index (χ0v) is 26.2. The zero-order chi connectivity index (χ0) is 28.2. The molecule has 6 heteroatoms. The number of nitrogens with zero attached hydrogens (tertiary/aromatic N) is 2. The highest BCUT2D eigenvalue weighted by Crippen LogP contribution is 2.33. The summed E-state index contributed by atoms with van der Waals surface area (Å²) in [7, 11) is 0. The Labute approximate surface area is 253 Å². The van der Waals surface area contributed by atoms with Gasteiger partial charge in [0.25, 0.3) is 0 Å². The molecule has 2 aliphatic heterocycles. The molecular weight excluding hydrogens is 628 g/mol. The van der Waals surface area contributed by atoms with Crippen molar-refractivity contribution in [3.8, 4) is 0 Å². The van der Waals surface area contributed by atoms with Crippen LogP contribution in [0.1, 0.15) is 59.3 Å². The van der Waals surface area contributed by atoms with Crippen molar-refractivity contribution < 1.29 is 9.47 Å². The highest BCUT2D eigenvalue weighted by molar-refractivity contribution is 9.10. The normalized spacial score (nSPS) is 21.4. The molecular formula is C34H32Br2N2O2. The van der Waals surface area contributed by atoms with Crippen molar-refractivity contribution in [3.63, 3.8) is 0 Å². The quantitative estimate of drug-likeness (QED) is 0.219. The molecule has 204 valence electrons. The average Bonchev–Trinajstić information content (AvgIpc) is 3.53. The second-order valence-corrected chi connectivity index (χ2v) is 12.0. The Kier molecular flexibility index (Phi) is 8.87. The maximum absolute atomic E-state index is 5.96. The van der Waals surface area contributed by atoms with Crippen LogP contribution >= 0.6 is 31.9 Å². The molecule has 0 N–H and O–H groups in total. The van der Waals surface area contributed by atoms with Crippen LogP contribution in [0.5, 0.6) is 0 Å². The summed E-state index contributed by atoms with van der Waals surface area (Å²) in [6.45, 7) is 8.31. The van der Waals surface area contributed by atoms with Gasteiger partial charge >= 0.3 is 0 Å². The van der Waals surface area contributed by atoms with E-state index in [-0.39, 0.29) is 24.3 Å². The van der Waals surface area contributed by atoms with E-state index in [1.54, 1.807) is 0 Å². The smallest absolute Gasteiger partial charge is 0.217 e. The van der Waals surface area contributed by atoms with Crippen LogP contribution in [0, 0.1) is 13.8 Å². The van der Waals surface area contributed by atoms with Crippen LogP contribution in [0.15, 0.2) is 116 Å². The van der Waals surface area contributed by atoms with Gasteiger partial charge in [0.2, 0.25) is 11.8 Å². The van der Waals surface area contributed by atoms with Gasteiger partial charge < -0.3 is 9.47 Å². The summed E-state index contributed by atoms with van der Waals surface area (Å²) in [5.41, 5.74) is 6.91. The average molecular weight is 660 g/mol. The van der Waals surface area contributed by atoms with Crippen LogP contribution in [-0.2, 0) is 9.47 Å². The lowest BCUT2D eigenvalue weighted by Crippen LogP contribution is -2.12. The first-order chi connectivity index (χ1) is 19.3. The highest BCUT2D eigenvalue weighted by Gasteiger charge is 2.30. The fourth-order valence-corrected chi connectivity index (χ4v) is 5.44. The molecule has 0 saturated carbocycles. The molecule has 4 nitrogen and oxygen atoms in total. The molecule has 0 radical (unpaired) electrons. The molecule has 2 aliphatic rings. The zero-order valence-electron chi connectivity index (χ0n) is 23.0. The Morgan fingerprint density at radius 1 is 0.525 bits per heavy atom. The van der Waals surface area contributed by atoms with E-state index in [1.807, 2.05) is 48.5 Å². The van der Waals surface area contributed by atoms with Crippen LogP contribution in [0.25, 0.3) is 0 Å².